The zero-order valence-corrected chi connectivity index (χ0v) is 9.48. The van der Waals surface area contributed by atoms with Gasteiger partial charge < -0.3 is 7.10 Å². The van der Waals surface area contributed by atoms with E-state index in [2.05, 4.69) is 33.0 Å². The maximum Gasteiger partial charge on any atom is 0.331 e. The predicted octanol–water partition coefficient (Wildman–Crippen LogP) is -0.974. The van der Waals surface area contributed by atoms with E-state index in [1.807, 2.05) is 0 Å². The molecule has 0 aliphatic carbocycles. The van der Waals surface area contributed by atoms with Gasteiger partial charge in [-0.1, -0.05) is 12.1 Å². The summed E-state index contributed by atoms with van der Waals surface area (Å²) >= 11 is 4.40. The lowest BCUT2D eigenvalue weighted by molar-refractivity contribution is 0.959. The molecule has 1 aromatic carbocycles. The van der Waals surface area contributed by atoms with E-state index in [-0.39, 0.29) is 11.2 Å². The van der Waals surface area contributed by atoms with Crippen molar-refractivity contribution in [3.05, 3.63) is 45.1 Å². The molecule has 0 atom stereocenters. The van der Waals surface area contributed by atoms with Gasteiger partial charge in [0.1, 0.15) is 0 Å². The van der Waals surface area contributed by atoms with Crippen molar-refractivity contribution < 1.29 is 0 Å². The maximum atomic E-state index is 11.6. The van der Waals surface area contributed by atoms with Crippen LogP contribution in [0, 0.1) is 0 Å². The molecule has 0 saturated heterocycles. The van der Waals surface area contributed by atoms with Crippen molar-refractivity contribution in [1.82, 2.24) is 7.10 Å². The van der Waals surface area contributed by atoms with Gasteiger partial charge in [0, 0.05) is 5.52 Å². The first kappa shape index (κ1) is 9.77. The van der Waals surface area contributed by atoms with Crippen LogP contribution in [0.15, 0.2) is 33.9 Å². The van der Waals surface area contributed by atoms with Gasteiger partial charge in [0.05, 0.1) is 5.39 Å². The highest BCUT2D eigenvalue weighted by Gasteiger charge is 2.03. The van der Waals surface area contributed by atoms with Gasteiger partial charge in [-0.05, 0) is 12.1 Å². The largest absolute Gasteiger partial charge is 0.408 e. The molecule has 0 amide bonds. The number of benzene rings is 1. The molecule has 0 spiro atoms. The summed E-state index contributed by atoms with van der Waals surface area (Å²) in [6, 6.07) is 6.98. The summed E-state index contributed by atoms with van der Waals surface area (Å²) in [4.78, 5) is 23.1. The Morgan fingerprint density at radius 3 is 2.36 bits per heavy atom. The van der Waals surface area contributed by atoms with Crippen molar-refractivity contribution in [2.45, 2.75) is 0 Å². The molecule has 0 N–H and O–H groups in total. The molecule has 0 unspecified atom stereocenters. The number of hydrogen-bond acceptors (Lipinski definition) is 2. The lowest BCUT2D eigenvalue weighted by Gasteiger charge is -2.08. The fourth-order valence-electron chi connectivity index (χ4n) is 1.30. The van der Waals surface area contributed by atoms with Gasteiger partial charge in [0.25, 0.3) is 5.69 Å². The summed E-state index contributed by atoms with van der Waals surface area (Å²) in [6.07, 6.45) is 0. The first-order chi connectivity index (χ1) is 6.63. The van der Waals surface area contributed by atoms with Crippen molar-refractivity contribution in [1.29, 1.82) is 0 Å². The number of nitrogens with zero attached hydrogens (tertiary/aromatic N) is 2. The highest BCUT2D eigenvalue weighted by molar-refractivity contribution is 6.12. The van der Waals surface area contributed by atoms with Gasteiger partial charge in [-0.15, -0.1) is 0 Å². The number of para-hydroxylation sites is 1. The van der Waals surface area contributed by atoms with Crippen LogP contribution in [0.2, 0.25) is 0 Å². The Bertz CT molecular complexity index is 615. The Balaban J connectivity index is 3.19. The number of aromatic nitrogens is 2. The Hall–Kier alpha value is -0.775. The van der Waals surface area contributed by atoms with E-state index < -0.39 is 0 Å². The Morgan fingerprint density at radius 1 is 1.00 bits per heavy atom. The molecule has 64 valence electrons. The lowest BCUT2D eigenvalue weighted by Crippen LogP contribution is -2.38. The molecule has 0 aliphatic heterocycles. The fraction of sp³-hybridized carbons (Fsp3) is 0. The fourth-order valence-corrected chi connectivity index (χ4v) is 2.05. The molecule has 1 aromatic heterocycles. The minimum atomic E-state index is -0.372. The Kier molecular flexibility index (Phi) is 2.39. The van der Waals surface area contributed by atoms with Gasteiger partial charge in [-0.25, -0.2) is 0 Å². The lowest BCUT2D eigenvalue weighted by atomic mass is 10.2. The highest BCUT2D eigenvalue weighted by atomic mass is 27.1. The molecule has 2 rings (SSSR count). The van der Waals surface area contributed by atoms with E-state index in [4.69, 9.17) is 0 Å². The smallest absolute Gasteiger partial charge is 0.331 e. The van der Waals surface area contributed by atoms with Crippen molar-refractivity contribution in [3.63, 3.8) is 0 Å². The average Bonchev–Trinajstić information content (AvgIpc) is 2.23. The second kappa shape index (κ2) is 3.42. The van der Waals surface area contributed by atoms with Crippen molar-refractivity contribution >= 4 is 43.9 Å². The zero-order valence-electron chi connectivity index (χ0n) is 7.18. The van der Waals surface area contributed by atoms with E-state index >= 15 is 0 Å². The molecule has 0 bridgehead atoms. The van der Waals surface area contributed by atoms with Gasteiger partial charge >= 0.3 is 33.0 Å². The second-order valence-electron chi connectivity index (χ2n) is 2.84. The second-order valence-corrected chi connectivity index (χ2v) is 3.88. The van der Waals surface area contributed by atoms with Crippen molar-refractivity contribution in [2.75, 3.05) is 0 Å². The molecule has 14 heavy (non-hydrogen) atoms. The third-order valence-corrected chi connectivity index (χ3v) is 2.98. The third-order valence-electron chi connectivity index (χ3n) is 2.02. The van der Waals surface area contributed by atoms with Crippen LogP contribution in [0.3, 0.4) is 0 Å². The van der Waals surface area contributed by atoms with Gasteiger partial charge in [-0.3, -0.25) is 9.59 Å². The van der Waals surface area contributed by atoms with E-state index in [9.17, 15) is 9.59 Å². The predicted molar refractivity (Wildman–Crippen MR) is 54.8 cm³/mol. The van der Waals surface area contributed by atoms with Crippen LogP contribution < -0.4 is 11.2 Å². The standard InChI is InChI=1S/C8H6N2O2.2Al/c11-7-5-3-1-2-4-6(5)9-8(12)10-7;;/h1-4H,(H2,9,10,11,12);;/q;2*+1/p-2. The van der Waals surface area contributed by atoms with Crippen LogP contribution in [0.4, 0.5) is 0 Å². The van der Waals surface area contributed by atoms with E-state index in [0.717, 1.165) is 3.55 Å². The van der Waals surface area contributed by atoms with Gasteiger partial charge in [0.15, 0.2) is 0 Å². The van der Waals surface area contributed by atoms with Crippen LogP contribution in [-0.2, 0) is 0 Å². The summed E-state index contributed by atoms with van der Waals surface area (Å²) in [5.74, 6) is 0. The molecule has 0 aliphatic rings. The molecular formula is C8H4Al2N2O2. The first-order valence-corrected chi connectivity index (χ1v) is 4.93. The first-order valence-electron chi connectivity index (χ1n) is 3.90. The quantitative estimate of drug-likeness (QED) is 0.529. The van der Waals surface area contributed by atoms with E-state index in [1.165, 1.54) is 3.55 Å². The third kappa shape index (κ3) is 1.28. The van der Waals surface area contributed by atoms with E-state index in [0.29, 0.717) is 10.9 Å². The monoisotopic (exact) mass is 214 g/mol. The maximum absolute atomic E-state index is 11.6. The number of fused-ring (bicyclic) bond motifs is 1. The van der Waals surface area contributed by atoms with Crippen LogP contribution >= 0.6 is 0 Å². The van der Waals surface area contributed by atoms with E-state index in [1.54, 1.807) is 24.3 Å². The molecule has 1 heterocycles. The minimum Gasteiger partial charge on any atom is -0.408 e. The summed E-state index contributed by atoms with van der Waals surface area (Å²) in [5, 5.41) is 0.525. The van der Waals surface area contributed by atoms with Crippen LogP contribution in [0.25, 0.3) is 10.9 Å². The van der Waals surface area contributed by atoms with Crippen LogP contribution in [0.5, 0.6) is 0 Å². The summed E-state index contributed by atoms with van der Waals surface area (Å²) in [7, 11) is 0. The zero-order chi connectivity index (χ0) is 10.3. The topological polar surface area (TPSA) is 44.0 Å². The van der Waals surface area contributed by atoms with Gasteiger partial charge in [0.2, 0.25) is 5.56 Å². The Morgan fingerprint density at radius 2 is 1.64 bits per heavy atom. The minimum absolute atomic E-state index is 0.297. The molecule has 0 fully saturated rings. The van der Waals surface area contributed by atoms with Crippen LogP contribution in [0.1, 0.15) is 0 Å². The van der Waals surface area contributed by atoms with Crippen molar-refractivity contribution in [2.24, 2.45) is 0 Å². The SMILES string of the molecule is O=c1c2ccccc2[n]([Al])c(=O)[n]1[Al]. The molecular weight excluding hydrogens is 210 g/mol. The Labute approximate surface area is 96.1 Å². The van der Waals surface area contributed by atoms with Crippen LogP contribution in [-0.4, -0.2) is 40.1 Å². The molecule has 4 radical (unpaired) electrons. The van der Waals surface area contributed by atoms with Gasteiger partial charge in [-0.2, -0.15) is 0 Å². The normalized spacial score (nSPS) is 10.6. The van der Waals surface area contributed by atoms with Crippen molar-refractivity contribution in [3.8, 4) is 0 Å². The molecule has 0 saturated carbocycles. The summed E-state index contributed by atoms with van der Waals surface area (Å²) in [6.45, 7) is 0. The average molecular weight is 214 g/mol. The highest BCUT2D eigenvalue weighted by Crippen LogP contribution is 2.04. The summed E-state index contributed by atoms with van der Waals surface area (Å²) < 4.78 is 2.37. The molecule has 2 aromatic rings. The summed E-state index contributed by atoms with van der Waals surface area (Å²) in [5.41, 5.74) is -0.0517. The number of hydrogen-bond donors (Lipinski definition) is 0. The molecule has 6 heteroatoms. The molecule has 4 nitrogen and oxygen atoms in total. The number of rotatable bonds is 0.